The highest BCUT2D eigenvalue weighted by Crippen LogP contribution is 2.26. The normalized spacial score (nSPS) is 10.7. The van der Waals surface area contributed by atoms with E-state index in [9.17, 15) is 0 Å². The third kappa shape index (κ3) is 1.78. The maximum atomic E-state index is 5.96. The minimum atomic E-state index is 0.718. The van der Waals surface area contributed by atoms with E-state index in [-0.39, 0.29) is 0 Å². The fourth-order valence-electron chi connectivity index (χ4n) is 1.93. The van der Waals surface area contributed by atoms with E-state index in [1.807, 2.05) is 37.3 Å². The number of hydrogen-bond acceptors (Lipinski definition) is 3. The number of nitrogens with one attached hydrogen (secondary N) is 2. The lowest BCUT2D eigenvalue weighted by Gasteiger charge is -2.11. The Morgan fingerprint density at radius 2 is 2.17 bits per heavy atom. The summed E-state index contributed by atoms with van der Waals surface area (Å²) in [5, 5.41) is 4.22. The maximum absolute atomic E-state index is 5.96. The molecule has 0 bridgehead atoms. The Bertz CT molecular complexity index is 680. The van der Waals surface area contributed by atoms with E-state index >= 15 is 0 Å². The third-order valence-electron chi connectivity index (χ3n) is 2.89. The fourth-order valence-corrected chi connectivity index (χ4v) is 1.93. The van der Waals surface area contributed by atoms with Gasteiger partial charge in [-0.2, -0.15) is 0 Å². The van der Waals surface area contributed by atoms with Crippen molar-refractivity contribution in [1.29, 1.82) is 0 Å². The molecule has 0 amide bonds. The minimum Gasteiger partial charge on any atom is -0.397 e. The lowest BCUT2D eigenvalue weighted by atomic mass is 10.1. The Kier molecular flexibility index (Phi) is 2.41. The first-order chi connectivity index (χ1) is 8.74. The molecule has 0 saturated heterocycles. The summed E-state index contributed by atoms with van der Waals surface area (Å²) < 4.78 is 0. The second-order valence-electron chi connectivity index (χ2n) is 4.19. The van der Waals surface area contributed by atoms with Gasteiger partial charge in [-0.1, -0.05) is 12.1 Å². The highest BCUT2D eigenvalue weighted by atomic mass is 15.0. The Hall–Kier alpha value is -2.49. The van der Waals surface area contributed by atoms with Gasteiger partial charge in [0.05, 0.1) is 11.4 Å². The third-order valence-corrected chi connectivity index (χ3v) is 2.89. The van der Waals surface area contributed by atoms with Crippen LogP contribution in [0.5, 0.6) is 0 Å². The summed E-state index contributed by atoms with van der Waals surface area (Å²) >= 11 is 0. The quantitative estimate of drug-likeness (QED) is 0.600. The first-order valence-corrected chi connectivity index (χ1v) is 5.72. The Morgan fingerprint density at radius 1 is 1.28 bits per heavy atom. The second kappa shape index (κ2) is 4.07. The molecule has 0 unspecified atom stereocenters. The van der Waals surface area contributed by atoms with Gasteiger partial charge in [0.25, 0.3) is 0 Å². The molecule has 4 N–H and O–H groups in total. The molecule has 1 radical (unpaired) electrons. The van der Waals surface area contributed by atoms with Crippen molar-refractivity contribution in [3.8, 4) is 0 Å². The monoisotopic (exact) mass is 237 g/mol. The predicted octanol–water partition coefficient (Wildman–Crippen LogP) is 3.00. The van der Waals surface area contributed by atoms with Crippen molar-refractivity contribution in [3.05, 3.63) is 48.2 Å². The molecule has 0 aliphatic heterocycles. The number of aromatic nitrogens is 2. The number of nitrogens with two attached hydrogens (primary N) is 1. The SMILES string of the molecule is Cc1cccc(N)c1Nc1ccc2[c]c[nH]c2n1. The zero-order valence-corrected chi connectivity index (χ0v) is 9.99. The molecule has 1 aromatic carbocycles. The number of nitrogen functional groups attached to an aromatic ring is 1. The number of H-pyrrole nitrogens is 1. The Balaban J connectivity index is 2.00. The lowest BCUT2D eigenvalue weighted by molar-refractivity contribution is 1.30. The molecule has 0 spiro atoms. The number of fused-ring (bicyclic) bond motifs is 1. The van der Waals surface area contributed by atoms with E-state index in [1.54, 1.807) is 6.20 Å². The molecule has 0 aliphatic carbocycles. The Labute approximate surface area is 105 Å². The van der Waals surface area contributed by atoms with Gasteiger partial charge in [-0.15, -0.1) is 0 Å². The van der Waals surface area contributed by atoms with Crippen molar-refractivity contribution in [3.63, 3.8) is 0 Å². The molecular formula is C14H13N4. The summed E-state index contributed by atoms with van der Waals surface area (Å²) in [5.74, 6) is 0.763. The zero-order valence-electron chi connectivity index (χ0n) is 9.99. The maximum Gasteiger partial charge on any atom is 0.140 e. The van der Waals surface area contributed by atoms with Crippen molar-refractivity contribution in [2.24, 2.45) is 0 Å². The first kappa shape index (κ1) is 10.7. The standard InChI is InChI=1S/C14H13N4/c1-9-3-2-4-11(15)13(9)17-12-6-5-10-7-8-16-14(10)18-12/h2-6,8H,15H2,1H3,(H2,16,17,18). The van der Waals surface area contributed by atoms with Gasteiger partial charge in [0.15, 0.2) is 0 Å². The van der Waals surface area contributed by atoms with Crippen LogP contribution in [0.1, 0.15) is 5.56 Å². The largest absolute Gasteiger partial charge is 0.397 e. The average Bonchev–Trinajstić information content (AvgIpc) is 2.81. The molecule has 4 heteroatoms. The van der Waals surface area contributed by atoms with Gasteiger partial charge in [0.2, 0.25) is 0 Å². The number of rotatable bonds is 2. The van der Waals surface area contributed by atoms with E-state index in [2.05, 4.69) is 21.4 Å². The van der Waals surface area contributed by atoms with Crippen molar-refractivity contribution >= 4 is 28.2 Å². The highest BCUT2D eigenvalue weighted by molar-refractivity contribution is 5.79. The molecule has 3 aromatic rings. The molecule has 2 aromatic heterocycles. The van der Waals surface area contributed by atoms with Gasteiger partial charge in [0, 0.05) is 17.6 Å². The molecule has 3 rings (SSSR count). The molecule has 0 atom stereocenters. The van der Waals surface area contributed by atoms with Gasteiger partial charge < -0.3 is 16.0 Å². The highest BCUT2D eigenvalue weighted by Gasteiger charge is 2.05. The number of nitrogens with zero attached hydrogens (tertiary/aromatic N) is 1. The Morgan fingerprint density at radius 3 is 3.00 bits per heavy atom. The number of hydrogen-bond donors (Lipinski definition) is 3. The second-order valence-corrected chi connectivity index (χ2v) is 4.19. The van der Waals surface area contributed by atoms with E-state index in [0.29, 0.717) is 0 Å². The molecule has 18 heavy (non-hydrogen) atoms. The number of pyridine rings is 1. The van der Waals surface area contributed by atoms with Gasteiger partial charge in [0.1, 0.15) is 11.5 Å². The van der Waals surface area contributed by atoms with Gasteiger partial charge in [-0.05, 0) is 30.7 Å². The van der Waals surface area contributed by atoms with Crippen LogP contribution in [0.3, 0.4) is 0 Å². The average molecular weight is 237 g/mol. The molecule has 2 heterocycles. The molecule has 0 fully saturated rings. The van der Waals surface area contributed by atoms with Gasteiger partial charge >= 0.3 is 0 Å². The van der Waals surface area contributed by atoms with Crippen LogP contribution in [0.2, 0.25) is 0 Å². The van der Waals surface area contributed by atoms with Crippen LogP contribution < -0.4 is 11.1 Å². The van der Waals surface area contributed by atoms with Crippen LogP contribution in [0.4, 0.5) is 17.2 Å². The summed E-state index contributed by atoms with van der Waals surface area (Å²) in [6.07, 6.45) is 1.75. The van der Waals surface area contributed by atoms with Crippen molar-refractivity contribution in [2.45, 2.75) is 6.92 Å². The fraction of sp³-hybridized carbons (Fsp3) is 0.0714. The molecule has 89 valence electrons. The van der Waals surface area contributed by atoms with Crippen LogP contribution in [-0.2, 0) is 0 Å². The van der Waals surface area contributed by atoms with Gasteiger partial charge in [-0.25, -0.2) is 4.98 Å². The smallest absolute Gasteiger partial charge is 0.140 e. The number of aryl methyl sites for hydroxylation is 1. The zero-order chi connectivity index (χ0) is 12.5. The minimum absolute atomic E-state index is 0.718. The first-order valence-electron chi connectivity index (χ1n) is 5.72. The number of anilines is 3. The summed E-state index contributed by atoms with van der Waals surface area (Å²) in [5.41, 5.74) is 9.48. The number of benzene rings is 1. The summed E-state index contributed by atoms with van der Waals surface area (Å²) in [4.78, 5) is 7.50. The summed E-state index contributed by atoms with van der Waals surface area (Å²) in [6, 6.07) is 12.8. The van der Waals surface area contributed by atoms with E-state index in [1.165, 1.54) is 0 Å². The molecule has 0 aliphatic rings. The van der Waals surface area contributed by atoms with Crippen LogP contribution in [0, 0.1) is 13.0 Å². The van der Waals surface area contributed by atoms with E-state index < -0.39 is 0 Å². The summed E-state index contributed by atoms with van der Waals surface area (Å²) in [6.45, 7) is 2.01. The van der Waals surface area contributed by atoms with Gasteiger partial charge in [-0.3, -0.25) is 0 Å². The number of para-hydroxylation sites is 1. The van der Waals surface area contributed by atoms with Crippen molar-refractivity contribution < 1.29 is 0 Å². The molecular weight excluding hydrogens is 224 g/mol. The van der Waals surface area contributed by atoms with Crippen LogP contribution in [0.25, 0.3) is 11.0 Å². The van der Waals surface area contributed by atoms with Crippen molar-refractivity contribution in [2.75, 3.05) is 11.1 Å². The van der Waals surface area contributed by atoms with Crippen LogP contribution in [0.15, 0.2) is 36.5 Å². The van der Waals surface area contributed by atoms with Crippen molar-refractivity contribution in [1.82, 2.24) is 9.97 Å². The molecule has 4 nitrogen and oxygen atoms in total. The number of aromatic amines is 1. The topological polar surface area (TPSA) is 66.7 Å². The molecule has 0 saturated carbocycles. The van der Waals surface area contributed by atoms with Crippen LogP contribution in [-0.4, -0.2) is 9.97 Å². The lowest BCUT2D eigenvalue weighted by Crippen LogP contribution is -2.00. The van der Waals surface area contributed by atoms with Crippen LogP contribution >= 0.6 is 0 Å². The van der Waals surface area contributed by atoms with E-state index in [4.69, 9.17) is 5.73 Å². The predicted molar refractivity (Wildman–Crippen MR) is 73.8 cm³/mol. The van der Waals surface area contributed by atoms with E-state index in [0.717, 1.165) is 33.8 Å². The summed E-state index contributed by atoms with van der Waals surface area (Å²) in [7, 11) is 0.